The minimum Gasteiger partial charge on any atom is -0.358 e. The number of fused-ring (bicyclic) bond motifs is 1. The Labute approximate surface area is 115 Å². The Bertz CT molecular complexity index is 550. The second-order valence-corrected chi connectivity index (χ2v) is 5.52. The summed E-state index contributed by atoms with van der Waals surface area (Å²) in [6.45, 7) is 9.12. The van der Waals surface area contributed by atoms with Gasteiger partial charge in [-0.3, -0.25) is 4.90 Å². The Kier molecular flexibility index (Phi) is 3.58. The molecule has 2 aromatic rings. The Morgan fingerprint density at radius 1 is 1.16 bits per heavy atom. The SMILES string of the molecule is Cc1[nH]c2ccccc2c1C(C)N1CCCNCC1. The first kappa shape index (κ1) is 12.7. The predicted octanol–water partition coefficient (Wildman–Crippen LogP) is 2.83. The van der Waals surface area contributed by atoms with Crippen molar-refractivity contribution in [3.05, 3.63) is 35.5 Å². The van der Waals surface area contributed by atoms with Crippen LogP contribution in [0.25, 0.3) is 10.9 Å². The summed E-state index contributed by atoms with van der Waals surface area (Å²) in [5, 5.41) is 4.86. The van der Waals surface area contributed by atoms with Crippen molar-refractivity contribution >= 4 is 10.9 Å². The fourth-order valence-electron chi connectivity index (χ4n) is 3.27. The van der Waals surface area contributed by atoms with Gasteiger partial charge in [0.25, 0.3) is 0 Å². The first-order chi connectivity index (χ1) is 9.27. The number of hydrogen-bond acceptors (Lipinski definition) is 2. The molecule has 1 unspecified atom stereocenters. The summed E-state index contributed by atoms with van der Waals surface area (Å²) < 4.78 is 0. The van der Waals surface area contributed by atoms with E-state index in [-0.39, 0.29) is 0 Å². The van der Waals surface area contributed by atoms with E-state index in [0.717, 1.165) is 19.6 Å². The molecule has 1 atom stereocenters. The van der Waals surface area contributed by atoms with Gasteiger partial charge in [0.1, 0.15) is 0 Å². The second kappa shape index (κ2) is 5.35. The lowest BCUT2D eigenvalue weighted by Crippen LogP contribution is -2.31. The molecule has 102 valence electrons. The lowest BCUT2D eigenvalue weighted by molar-refractivity contribution is 0.226. The summed E-state index contributed by atoms with van der Waals surface area (Å²) in [6.07, 6.45) is 1.24. The quantitative estimate of drug-likeness (QED) is 0.867. The van der Waals surface area contributed by atoms with Gasteiger partial charge in [-0.2, -0.15) is 0 Å². The number of benzene rings is 1. The fourth-order valence-corrected chi connectivity index (χ4v) is 3.27. The topological polar surface area (TPSA) is 31.1 Å². The van der Waals surface area contributed by atoms with Crippen molar-refractivity contribution in [3.63, 3.8) is 0 Å². The molecule has 2 heterocycles. The second-order valence-electron chi connectivity index (χ2n) is 5.52. The molecule has 3 nitrogen and oxygen atoms in total. The fraction of sp³-hybridized carbons (Fsp3) is 0.500. The highest BCUT2D eigenvalue weighted by Crippen LogP contribution is 2.31. The molecule has 0 spiro atoms. The number of para-hydroxylation sites is 1. The molecule has 3 rings (SSSR count). The van der Waals surface area contributed by atoms with Crippen molar-refractivity contribution in [2.24, 2.45) is 0 Å². The molecule has 1 aliphatic heterocycles. The van der Waals surface area contributed by atoms with Crippen LogP contribution in [0.1, 0.15) is 30.6 Å². The van der Waals surface area contributed by atoms with Crippen LogP contribution in [0.3, 0.4) is 0 Å². The third-order valence-electron chi connectivity index (χ3n) is 4.28. The molecule has 1 aliphatic rings. The molecule has 1 saturated heterocycles. The van der Waals surface area contributed by atoms with Crippen LogP contribution in [0.2, 0.25) is 0 Å². The summed E-state index contributed by atoms with van der Waals surface area (Å²) in [4.78, 5) is 6.12. The van der Waals surface area contributed by atoms with Crippen LogP contribution < -0.4 is 5.32 Å². The van der Waals surface area contributed by atoms with E-state index < -0.39 is 0 Å². The molecule has 0 aliphatic carbocycles. The van der Waals surface area contributed by atoms with Crippen LogP contribution in [-0.4, -0.2) is 36.1 Å². The van der Waals surface area contributed by atoms with Crippen LogP contribution in [0.15, 0.2) is 24.3 Å². The van der Waals surface area contributed by atoms with Crippen LogP contribution >= 0.6 is 0 Å². The summed E-state index contributed by atoms with van der Waals surface area (Å²) in [7, 11) is 0. The first-order valence-electron chi connectivity index (χ1n) is 7.29. The van der Waals surface area contributed by atoms with Gasteiger partial charge in [0.05, 0.1) is 0 Å². The molecule has 1 aromatic heterocycles. The van der Waals surface area contributed by atoms with Crippen LogP contribution in [0.5, 0.6) is 0 Å². The van der Waals surface area contributed by atoms with Gasteiger partial charge in [0, 0.05) is 35.7 Å². The zero-order valence-electron chi connectivity index (χ0n) is 11.9. The largest absolute Gasteiger partial charge is 0.358 e. The van der Waals surface area contributed by atoms with Crippen molar-refractivity contribution in [1.29, 1.82) is 0 Å². The number of nitrogens with zero attached hydrogens (tertiary/aromatic N) is 1. The van der Waals surface area contributed by atoms with E-state index >= 15 is 0 Å². The molecule has 0 bridgehead atoms. The minimum absolute atomic E-state index is 0.482. The highest BCUT2D eigenvalue weighted by molar-refractivity contribution is 5.85. The lowest BCUT2D eigenvalue weighted by atomic mass is 10.0. The van der Waals surface area contributed by atoms with Gasteiger partial charge in [-0.1, -0.05) is 18.2 Å². The number of aromatic amines is 1. The van der Waals surface area contributed by atoms with E-state index in [4.69, 9.17) is 0 Å². The van der Waals surface area contributed by atoms with Gasteiger partial charge in [0.15, 0.2) is 0 Å². The van der Waals surface area contributed by atoms with Crippen molar-refractivity contribution in [1.82, 2.24) is 15.2 Å². The zero-order chi connectivity index (χ0) is 13.2. The zero-order valence-corrected chi connectivity index (χ0v) is 11.9. The third-order valence-corrected chi connectivity index (χ3v) is 4.28. The Hall–Kier alpha value is -1.32. The maximum atomic E-state index is 3.52. The Balaban J connectivity index is 1.96. The average molecular weight is 257 g/mol. The number of hydrogen-bond donors (Lipinski definition) is 2. The van der Waals surface area contributed by atoms with E-state index in [2.05, 4.69) is 53.3 Å². The van der Waals surface area contributed by atoms with Gasteiger partial charge < -0.3 is 10.3 Å². The Morgan fingerprint density at radius 2 is 2.00 bits per heavy atom. The molecule has 1 fully saturated rings. The van der Waals surface area contributed by atoms with E-state index in [1.54, 1.807) is 0 Å². The summed E-state index contributed by atoms with van der Waals surface area (Å²) in [6, 6.07) is 9.12. The Morgan fingerprint density at radius 3 is 2.89 bits per heavy atom. The van der Waals surface area contributed by atoms with Gasteiger partial charge >= 0.3 is 0 Å². The van der Waals surface area contributed by atoms with E-state index in [9.17, 15) is 0 Å². The minimum atomic E-state index is 0.482. The number of nitrogens with one attached hydrogen (secondary N) is 2. The van der Waals surface area contributed by atoms with Crippen molar-refractivity contribution in [3.8, 4) is 0 Å². The van der Waals surface area contributed by atoms with E-state index in [0.29, 0.717) is 6.04 Å². The predicted molar refractivity (Wildman–Crippen MR) is 80.5 cm³/mol. The number of H-pyrrole nitrogens is 1. The summed E-state index contributed by atoms with van der Waals surface area (Å²) in [5.74, 6) is 0. The third kappa shape index (κ3) is 2.40. The van der Waals surface area contributed by atoms with Gasteiger partial charge in [-0.15, -0.1) is 0 Å². The van der Waals surface area contributed by atoms with Crippen LogP contribution in [0.4, 0.5) is 0 Å². The van der Waals surface area contributed by atoms with Crippen molar-refractivity contribution < 1.29 is 0 Å². The van der Waals surface area contributed by atoms with Crippen LogP contribution in [-0.2, 0) is 0 Å². The maximum absolute atomic E-state index is 3.52. The van der Waals surface area contributed by atoms with E-state index in [1.165, 1.54) is 35.1 Å². The lowest BCUT2D eigenvalue weighted by Gasteiger charge is -2.28. The molecule has 0 saturated carbocycles. The molecular formula is C16H23N3. The number of aryl methyl sites for hydroxylation is 1. The smallest absolute Gasteiger partial charge is 0.0459 e. The summed E-state index contributed by atoms with van der Waals surface area (Å²) in [5.41, 5.74) is 4.04. The van der Waals surface area contributed by atoms with E-state index in [1.807, 2.05) is 0 Å². The normalized spacial score (nSPS) is 19.5. The molecule has 0 amide bonds. The monoisotopic (exact) mass is 257 g/mol. The highest BCUT2D eigenvalue weighted by atomic mass is 15.2. The molecular weight excluding hydrogens is 234 g/mol. The highest BCUT2D eigenvalue weighted by Gasteiger charge is 2.21. The number of aromatic nitrogens is 1. The van der Waals surface area contributed by atoms with Crippen molar-refractivity contribution in [2.45, 2.75) is 26.3 Å². The van der Waals surface area contributed by atoms with Gasteiger partial charge in [-0.25, -0.2) is 0 Å². The van der Waals surface area contributed by atoms with Gasteiger partial charge in [-0.05, 0) is 45.0 Å². The molecule has 3 heteroatoms. The number of rotatable bonds is 2. The summed E-state index contributed by atoms with van der Waals surface area (Å²) >= 11 is 0. The van der Waals surface area contributed by atoms with Crippen molar-refractivity contribution in [2.75, 3.05) is 26.2 Å². The first-order valence-corrected chi connectivity index (χ1v) is 7.29. The maximum Gasteiger partial charge on any atom is 0.0459 e. The molecule has 19 heavy (non-hydrogen) atoms. The van der Waals surface area contributed by atoms with Gasteiger partial charge in [0.2, 0.25) is 0 Å². The standard InChI is InChI=1S/C16H23N3/c1-12-16(14-6-3-4-7-15(14)18-12)13(2)19-10-5-8-17-9-11-19/h3-4,6-7,13,17-18H,5,8-11H2,1-2H3. The average Bonchev–Trinajstić information content (AvgIpc) is 2.61. The molecule has 0 radical (unpaired) electrons. The molecule has 1 aromatic carbocycles. The van der Waals surface area contributed by atoms with Crippen LogP contribution in [0, 0.1) is 6.92 Å². The molecule has 2 N–H and O–H groups in total.